The van der Waals surface area contributed by atoms with E-state index in [0.29, 0.717) is 18.7 Å². The molecule has 0 amide bonds. The average molecular weight is 307 g/mol. The third-order valence-corrected chi connectivity index (χ3v) is 3.38. The fraction of sp³-hybridized carbons (Fsp3) is 0.375. The van der Waals surface area contributed by atoms with Gasteiger partial charge in [0.05, 0.1) is 18.2 Å². The zero-order chi connectivity index (χ0) is 15.2. The van der Waals surface area contributed by atoms with Gasteiger partial charge in [-0.2, -0.15) is 5.10 Å². The smallest absolute Gasteiger partial charge is 0.271 e. The van der Waals surface area contributed by atoms with E-state index in [-0.39, 0.29) is 11.4 Å². The number of rotatable bonds is 6. The largest absolute Gasteiger partial charge is 0.494 e. The zero-order valence-corrected chi connectivity index (χ0v) is 13.1. The van der Waals surface area contributed by atoms with Crippen molar-refractivity contribution < 1.29 is 4.74 Å². The topological polar surface area (TPSA) is 44.1 Å². The lowest BCUT2D eigenvalue weighted by Gasteiger charge is -2.10. The number of aromatic nitrogens is 2. The van der Waals surface area contributed by atoms with Crippen molar-refractivity contribution in [3.05, 3.63) is 46.2 Å². The lowest BCUT2D eigenvalue weighted by atomic mass is 10.1. The van der Waals surface area contributed by atoms with Gasteiger partial charge in [-0.15, -0.1) is 11.6 Å². The van der Waals surface area contributed by atoms with E-state index in [2.05, 4.69) is 12.0 Å². The normalized spacial score (nSPS) is 10.6. The van der Waals surface area contributed by atoms with E-state index >= 15 is 0 Å². The first-order chi connectivity index (χ1) is 10.2. The van der Waals surface area contributed by atoms with E-state index in [4.69, 9.17) is 16.3 Å². The maximum atomic E-state index is 12.0. The highest BCUT2D eigenvalue weighted by Crippen LogP contribution is 2.22. The molecule has 0 saturated heterocycles. The summed E-state index contributed by atoms with van der Waals surface area (Å²) < 4.78 is 7.07. The molecule has 0 unspecified atom stereocenters. The van der Waals surface area contributed by atoms with E-state index < -0.39 is 0 Å². The Labute approximate surface area is 129 Å². The highest BCUT2D eigenvalue weighted by atomic mass is 35.5. The second kappa shape index (κ2) is 7.27. The third kappa shape index (κ3) is 3.64. The predicted octanol–water partition coefficient (Wildman–Crippen LogP) is 3.46. The van der Waals surface area contributed by atoms with Gasteiger partial charge in [0.25, 0.3) is 5.56 Å². The molecule has 0 saturated carbocycles. The highest BCUT2D eigenvalue weighted by Gasteiger charge is 2.09. The second-order valence-corrected chi connectivity index (χ2v) is 4.95. The Bertz CT molecular complexity index is 639. The molecule has 0 aliphatic rings. The van der Waals surface area contributed by atoms with E-state index in [1.165, 1.54) is 4.68 Å². The maximum Gasteiger partial charge on any atom is 0.271 e. The lowest BCUT2D eigenvalue weighted by molar-refractivity contribution is 0.317. The van der Waals surface area contributed by atoms with Crippen LogP contribution >= 0.6 is 11.6 Å². The Kier molecular flexibility index (Phi) is 5.39. The molecule has 4 nitrogen and oxygen atoms in total. The van der Waals surface area contributed by atoms with Gasteiger partial charge in [-0.25, -0.2) is 4.68 Å². The molecule has 21 heavy (non-hydrogen) atoms. The summed E-state index contributed by atoms with van der Waals surface area (Å²) in [5.41, 5.74) is 2.07. The van der Waals surface area contributed by atoms with Gasteiger partial charge >= 0.3 is 0 Å². The predicted molar refractivity (Wildman–Crippen MR) is 85.0 cm³/mol. The van der Waals surface area contributed by atoms with Crippen molar-refractivity contribution in [3.8, 4) is 17.0 Å². The van der Waals surface area contributed by atoms with Crippen molar-refractivity contribution in [2.24, 2.45) is 0 Å². The maximum absolute atomic E-state index is 12.0. The van der Waals surface area contributed by atoms with Gasteiger partial charge in [0.2, 0.25) is 0 Å². The number of nitrogens with zero attached hydrogens (tertiary/aromatic N) is 2. The van der Waals surface area contributed by atoms with Crippen LogP contribution in [0, 0.1) is 0 Å². The molecule has 1 heterocycles. The summed E-state index contributed by atoms with van der Waals surface area (Å²) in [5, 5.41) is 4.38. The van der Waals surface area contributed by atoms with E-state index in [1.54, 1.807) is 6.07 Å². The molecule has 0 fully saturated rings. The van der Waals surface area contributed by atoms with Crippen LogP contribution in [0.25, 0.3) is 11.3 Å². The molecule has 2 aromatic rings. The van der Waals surface area contributed by atoms with Crippen LogP contribution in [0.4, 0.5) is 0 Å². The monoisotopic (exact) mass is 306 g/mol. The summed E-state index contributed by atoms with van der Waals surface area (Å²) in [6, 6.07) is 9.46. The van der Waals surface area contributed by atoms with Crippen LogP contribution in [0.3, 0.4) is 0 Å². The van der Waals surface area contributed by atoms with Crippen LogP contribution < -0.4 is 10.3 Å². The molecular weight excluding hydrogens is 288 g/mol. The minimum atomic E-state index is -0.130. The Hall–Kier alpha value is -1.81. The average Bonchev–Trinajstić information content (AvgIpc) is 2.53. The molecule has 0 spiro atoms. The summed E-state index contributed by atoms with van der Waals surface area (Å²) >= 11 is 5.85. The first-order valence-corrected chi connectivity index (χ1v) is 7.63. The molecule has 112 valence electrons. The van der Waals surface area contributed by atoms with Crippen molar-refractivity contribution in [2.45, 2.75) is 32.7 Å². The number of aryl methyl sites for hydroxylation is 1. The summed E-state index contributed by atoms with van der Waals surface area (Å²) in [6.45, 7) is 5.15. The van der Waals surface area contributed by atoms with Crippen LogP contribution in [0.2, 0.25) is 0 Å². The molecular formula is C16H19ClN2O2. The van der Waals surface area contributed by atoms with Crippen molar-refractivity contribution in [1.82, 2.24) is 9.78 Å². The van der Waals surface area contributed by atoms with E-state index in [0.717, 1.165) is 23.4 Å². The molecule has 0 N–H and O–H groups in total. The zero-order valence-electron chi connectivity index (χ0n) is 12.3. The van der Waals surface area contributed by atoms with Gasteiger partial charge in [0, 0.05) is 17.7 Å². The lowest BCUT2D eigenvalue weighted by Crippen LogP contribution is -2.25. The summed E-state index contributed by atoms with van der Waals surface area (Å²) in [5.74, 6) is 0.984. The molecule has 0 radical (unpaired) electrons. The number of hydrogen-bond acceptors (Lipinski definition) is 3. The minimum absolute atomic E-state index is 0.130. The first-order valence-electron chi connectivity index (χ1n) is 7.09. The molecule has 1 aromatic carbocycles. The minimum Gasteiger partial charge on any atom is -0.494 e. The van der Waals surface area contributed by atoms with Crippen LogP contribution in [-0.2, 0) is 12.4 Å². The number of benzene rings is 1. The van der Waals surface area contributed by atoms with Crippen LogP contribution in [-0.4, -0.2) is 16.4 Å². The summed E-state index contributed by atoms with van der Waals surface area (Å²) in [4.78, 5) is 12.0. The van der Waals surface area contributed by atoms with Crippen LogP contribution in [0.15, 0.2) is 35.1 Å². The SMILES string of the molecule is CCCOc1cccc(-c2cc(CCl)c(=O)n(CC)n2)c1. The number of ether oxygens (including phenoxy) is 1. The molecule has 0 aliphatic carbocycles. The fourth-order valence-corrected chi connectivity index (χ4v) is 2.20. The van der Waals surface area contributed by atoms with Gasteiger partial charge < -0.3 is 4.74 Å². The van der Waals surface area contributed by atoms with Crippen molar-refractivity contribution >= 4 is 11.6 Å². The summed E-state index contributed by atoms with van der Waals surface area (Å²) in [7, 11) is 0. The second-order valence-electron chi connectivity index (χ2n) is 4.69. The number of alkyl halides is 1. The van der Waals surface area contributed by atoms with Crippen LogP contribution in [0.5, 0.6) is 5.75 Å². The summed E-state index contributed by atoms with van der Waals surface area (Å²) in [6.07, 6.45) is 0.958. The Morgan fingerprint density at radius 2 is 2.10 bits per heavy atom. The molecule has 5 heteroatoms. The molecule has 1 aromatic heterocycles. The third-order valence-electron chi connectivity index (χ3n) is 3.09. The molecule has 2 rings (SSSR count). The van der Waals surface area contributed by atoms with Gasteiger partial charge in [-0.05, 0) is 31.5 Å². The standard InChI is InChI=1S/C16H19ClN2O2/c1-3-8-21-14-7-5-6-12(9-14)15-10-13(11-17)16(20)19(4-2)18-15/h5-7,9-10H,3-4,8,11H2,1-2H3. The number of hydrogen-bond donors (Lipinski definition) is 0. The van der Waals surface area contributed by atoms with Crippen molar-refractivity contribution in [1.29, 1.82) is 0 Å². The van der Waals surface area contributed by atoms with Crippen molar-refractivity contribution in [3.63, 3.8) is 0 Å². The Morgan fingerprint density at radius 3 is 2.76 bits per heavy atom. The number of halogens is 1. The molecule has 0 atom stereocenters. The van der Waals surface area contributed by atoms with Crippen LogP contribution in [0.1, 0.15) is 25.8 Å². The highest BCUT2D eigenvalue weighted by molar-refractivity contribution is 6.17. The quantitative estimate of drug-likeness (QED) is 0.768. The fourth-order valence-electron chi connectivity index (χ4n) is 2.01. The van der Waals surface area contributed by atoms with E-state index in [1.807, 2.05) is 31.2 Å². The van der Waals surface area contributed by atoms with Gasteiger partial charge in [0.15, 0.2) is 0 Å². The molecule has 0 bridgehead atoms. The van der Waals surface area contributed by atoms with Gasteiger partial charge in [-0.3, -0.25) is 4.79 Å². The Balaban J connectivity index is 2.44. The first kappa shape index (κ1) is 15.6. The van der Waals surface area contributed by atoms with E-state index in [9.17, 15) is 4.79 Å². The van der Waals surface area contributed by atoms with Gasteiger partial charge in [0.1, 0.15) is 5.75 Å². The van der Waals surface area contributed by atoms with Gasteiger partial charge in [-0.1, -0.05) is 19.1 Å². The van der Waals surface area contributed by atoms with Crippen molar-refractivity contribution in [2.75, 3.05) is 6.61 Å². The molecule has 0 aliphatic heterocycles. The Morgan fingerprint density at radius 1 is 1.29 bits per heavy atom.